The molecule has 116 valence electrons. The van der Waals surface area contributed by atoms with Crippen molar-refractivity contribution in [2.75, 3.05) is 6.26 Å². The van der Waals surface area contributed by atoms with Gasteiger partial charge in [-0.2, -0.15) is 11.8 Å². The van der Waals surface area contributed by atoms with Crippen molar-refractivity contribution in [3.8, 4) is 5.75 Å². The molecule has 5 heteroatoms. The zero-order valence-electron chi connectivity index (χ0n) is 12.4. The van der Waals surface area contributed by atoms with Crippen molar-refractivity contribution >= 4 is 17.7 Å². The summed E-state index contributed by atoms with van der Waals surface area (Å²) < 4.78 is 0. The number of amides is 1. The molecule has 0 aliphatic heterocycles. The van der Waals surface area contributed by atoms with E-state index in [0.29, 0.717) is 6.42 Å². The molecule has 1 saturated carbocycles. The lowest BCUT2D eigenvalue weighted by Gasteiger charge is -2.28. The lowest BCUT2D eigenvalue weighted by molar-refractivity contribution is -0.123. The number of rotatable bonds is 5. The first-order chi connectivity index (χ1) is 10.1. The number of benzene rings is 1. The van der Waals surface area contributed by atoms with Crippen LogP contribution in [0.3, 0.4) is 0 Å². The first kappa shape index (κ1) is 16.2. The van der Waals surface area contributed by atoms with Crippen LogP contribution in [-0.2, 0) is 11.2 Å². The van der Waals surface area contributed by atoms with Crippen molar-refractivity contribution in [1.82, 2.24) is 5.32 Å². The molecule has 2 rings (SSSR count). The zero-order chi connectivity index (χ0) is 15.2. The number of nitrogens with two attached hydrogens (primary N) is 1. The van der Waals surface area contributed by atoms with Crippen molar-refractivity contribution in [2.24, 2.45) is 5.73 Å². The molecule has 1 aromatic rings. The van der Waals surface area contributed by atoms with Gasteiger partial charge in [0, 0.05) is 11.3 Å². The Morgan fingerprint density at radius 2 is 1.95 bits per heavy atom. The summed E-state index contributed by atoms with van der Waals surface area (Å²) in [7, 11) is 0. The van der Waals surface area contributed by atoms with Crippen LogP contribution in [0, 0.1) is 0 Å². The first-order valence-corrected chi connectivity index (χ1v) is 8.74. The highest BCUT2D eigenvalue weighted by molar-refractivity contribution is 7.99. The Balaban J connectivity index is 1.78. The van der Waals surface area contributed by atoms with Crippen LogP contribution in [0.25, 0.3) is 0 Å². The van der Waals surface area contributed by atoms with Gasteiger partial charge in [-0.25, -0.2) is 0 Å². The predicted molar refractivity (Wildman–Crippen MR) is 87.5 cm³/mol. The number of aromatic hydroxyl groups is 1. The number of phenolic OH excluding ortho intramolecular Hbond substituents is 1. The number of carbonyl (C=O) groups excluding carboxylic acids is 1. The van der Waals surface area contributed by atoms with Crippen molar-refractivity contribution in [3.05, 3.63) is 29.8 Å². The fraction of sp³-hybridized carbons (Fsp3) is 0.562. The fourth-order valence-electron chi connectivity index (χ4n) is 2.73. The van der Waals surface area contributed by atoms with Crippen LogP contribution in [-0.4, -0.2) is 34.6 Å². The molecule has 1 aliphatic carbocycles. The minimum absolute atomic E-state index is 0.0734. The smallest absolute Gasteiger partial charge is 0.237 e. The molecule has 1 fully saturated rings. The van der Waals surface area contributed by atoms with E-state index in [4.69, 9.17) is 5.73 Å². The Morgan fingerprint density at radius 3 is 2.52 bits per heavy atom. The Kier molecular flexibility index (Phi) is 5.94. The summed E-state index contributed by atoms with van der Waals surface area (Å²) in [6.45, 7) is 0. The van der Waals surface area contributed by atoms with Gasteiger partial charge in [-0.1, -0.05) is 12.1 Å². The molecule has 0 saturated heterocycles. The van der Waals surface area contributed by atoms with Crippen LogP contribution in [0.2, 0.25) is 0 Å². The Hall–Kier alpha value is -1.20. The maximum absolute atomic E-state index is 12.1. The molecule has 1 aliphatic rings. The summed E-state index contributed by atoms with van der Waals surface area (Å²) in [6, 6.07) is 6.56. The quantitative estimate of drug-likeness (QED) is 0.778. The van der Waals surface area contributed by atoms with Gasteiger partial charge in [0.25, 0.3) is 0 Å². The van der Waals surface area contributed by atoms with E-state index in [2.05, 4.69) is 11.6 Å². The fourth-order valence-corrected chi connectivity index (χ4v) is 3.47. The van der Waals surface area contributed by atoms with Crippen LogP contribution in [0.1, 0.15) is 31.2 Å². The summed E-state index contributed by atoms with van der Waals surface area (Å²) in [6.07, 6.45) is 7.06. The van der Waals surface area contributed by atoms with Crippen LogP contribution < -0.4 is 11.1 Å². The normalized spacial score (nSPS) is 23.5. The molecule has 0 heterocycles. The summed E-state index contributed by atoms with van der Waals surface area (Å²) in [4.78, 5) is 12.1. The third kappa shape index (κ3) is 4.93. The second kappa shape index (κ2) is 7.71. The van der Waals surface area contributed by atoms with Crippen LogP contribution in [0.15, 0.2) is 24.3 Å². The van der Waals surface area contributed by atoms with Crippen LogP contribution in [0.5, 0.6) is 5.75 Å². The molecule has 0 bridgehead atoms. The van der Waals surface area contributed by atoms with Gasteiger partial charge in [0.1, 0.15) is 5.75 Å². The minimum atomic E-state index is -0.534. The van der Waals surface area contributed by atoms with E-state index in [1.54, 1.807) is 24.3 Å². The second-order valence-corrected chi connectivity index (χ2v) is 6.83. The monoisotopic (exact) mass is 308 g/mol. The molecule has 0 spiro atoms. The number of nitrogens with one attached hydrogen (secondary N) is 1. The van der Waals surface area contributed by atoms with E-state index < -0.39 is 6.04 Å². The average Bonchev–Trinajstić information content (AvgIpc) is 2.50. The van der Waals surface area contributed by atoms with Gasteiger partial charge < -0.3 is 16.2 Å². The molecule has 4 N–H and O–H groups in total. The molecular weight excluding hydrogens is 284 g/mol. The molecule has 0 aromatic heterocycles. The molecule has 1 aromatic carbocycles. The van der Waals surface area contributed by atoms with Crippen molar-refractivity contribution < 1.29 is 9.90 Å². The number of hydrogen-bond donors (Lipinski definition) is 3. The van der Waals surface area contributed by atoms with Gasteiger partial charge in [0.15, 0.2) is 0 Å². The topological polar surface area (TPSA) is 75.4 Å². The number of phenols is 1. The molecule has 21 heavy (non-hydrogen) atoms. The summed E-state index contributed by atoms with van der Waals surface area (Å²) in [5, 5.41) is 13.1. The van der Waals surface area contributed by atoms with E-state index in [9.17, 15) is 9.90 Å². The molecule has 1 amide bonds. The lowest BCUT2D eigenvalue weighted by atomic mass is 9.94. The highest BCUT2D eigenvalue weighted by atomic mass is 32.2. The Labute approximate surface area is 130 Å². The van der Waals surface area contributed by atoms with E-state index in [-0.39, 0.29) is 17.7 Å². The highest BCUT2D eigenvalue weighted by Gasteiger charge is 2.23. The summed E-state index contributed by atoms with van der Waals surface area (Å²) >= 11 is 1.92. The molecule has 1 atom stereocenters. The number of thioether (sulfide) groups is 1. The van der Waals surface area contributed by atoms with E-state index in [1.165, 1.54) is 12.8 Å². The van der Waals surface area contributed by atoms with Gasteiger partial charge in [0.05, 0.1) is 6.04 Å². The highest BCUT2D eigenvalue weighted by Crippen LogP contribution is 2.26. The molecule has 1 unspecified atom stereocenters. The maximum atomic E-state index is 12.1. The maximum Gasteiger partial charge on any atom is 0.237 e. The van der Waals surface area contributed by atoms with E-state index in [1.807, 2.05) is 11.8 Å². The number of hydrogen-bond acceptors (Lipinski definition) is 4. The summed E-state index contributed by atoms with van der Waals surface area (Å²) in [5.41, 5.74) is 6.94. The largest absolute Gasteiger partial charge is 0.508 e. The lowest BCUT2D eigenvalue weighted by Crippen LogP contribution is -2.47. The third-order valence-corrected chi connectivity index (χ3v) is 5.22. The predicted octanol–water partition coefficient (Wildman–Crippen LogP) is 2.05. The van der Waals surface area contributed by atoms with Crippen LogP contribution in [0.4, 0.5) is 0 Å². The second-order valence-electron chi connectivity index (χ2n) is 5.69. The molecule has 0 radical (unpaired) electrons. The van der Waals surface area contributed by atoms with Crippen molar-refractivity contribution in [2.45, 2.75) is 49.4 Å². The van der Waals surface area contributed by atoms with Gasteiger partial charge in [-0.3, -0.25) is 4.79 Å². The third-order valence-electron chi connectivity index (χ3n) is 4.08. The SMILES string of the molecule is CSC1CCC(NC(=O)C(N)Cc2ccc(O)cc2)CC1. The summed E-state index contributed by atoms with van der Waals surface area (Å²) in [5.74, 6) is 0.151. The van der Waals surface area contributed by atoms with E-state index >= 15 is 0 Å². The molecular formula is C16H24N2O2S. The zero-order valence-corrected chi connectivity index (χ0v) is 13.2. The van der Waals surface area contributed by atoms with E-state index in [0.717, 1.165) is 23.7 Å². The average molecular weight is 308 g/mol. The van der Waals surface area contributed by atoms with Gasteiger partial charge in [-0.15, -0.1) is 0 Å². The van der Waals surface area contributed by atoms with Crippen molar-refractivity contribution in [3.63, 3.8) is 0 Å². The van der Waals surface area contributed by atoms with Crippen LogP contribution >= 0.6 is 11.8 Å². The Morgan fingerprint density at radius 1 is 1.33 bits per heavy atom. The first-order valence-electron chi connectivity index (χ1n) is 7.45. The Bertz CT molecular complexity index is 456. The number of carbonyl (C=O) groups is 1. The van der Waals surface area contributed by atoms with Gasteiger partial charge in [0.2, 0.25) is 5.91 Å². The van der Waals surface area contributed by atoms with Gasteiger partial charge in [-0.05, 0) is 56.1 Å². The standard InChI is InChI=1S/C16H24N2O2S/c1-21-14-8-4-12(5-9-14)18-16(20)15(17)10-11-2-6-13(19)7-3-11/h2-3,6-7,12,14-15,19H,4-5,8-10,17H2,1H3,(H,18,20). The molecule has 4 nitrogen and oxygen atoms in total. The van der Waals surface area contributed by atoms with Crippen molar-refractivity contribution in [1.29, 1.82) is 0 Å². The van der Waals surface area contributed by atoms with Gasteiger partial charge >= 0.3 is 0 Å². The minimum Gasteiger partial charge on any atom is -0.508 e.